The van der Waals surface area contributed by atoms with E-state index >= 15 is 0 Å². The molecule has 5 nitrogen and oxygen atoms in total. The molecule has 5 heteroatoms. The highest BCUT2D eigenvalue weighted by Gasteiger charge is 2.63. The number of carbonyl (C=O) groups is 4. The zero-order chi connectivity index (χ0) is 15.6. The van der Waals surface area contributed by atoms with Crippen LogP contribution in [0.15, 0.2) is 24.3 Å². The van der Waals surface area contributed by atoms with E-state index in [0.717, 1.165) is 5.56 Å². The Bertz CT molecular complexity index is 681. The van der Waals surface area contributed by atoms with Crippen molar-refractivity contribution in [2.24, 2.45) is 23.7 Å². The van der Waals surface area contributed by atoms with Crippen molar-refractivity contribution in [3.8, 4) is 0 Å². The van der Waals surface area contributed by atoms with Crippen LogP contribution in [-0.4, -0.2) is 23.4 Å². The number of carbonyl (C=O) groups excluding carboxylic acids is 4. The second-order valence-electron chi connectivity index (χ2n) is 6.45. The summed E-state index contributed by atoms with van der Waals surface area (Å²) in [5, 5.41) is 0. The highest BCUT2D eigenvalue weighted by Crippen LogP contribution is 2.50. The van der Waals surface area contributed by atoms with Crippen molar-refractivity contribution in [1.82, 2.24) is 0 Å². The number of anilines is 1. The lowest BCUT2D eigenvalue weighted by molar-refractivity contribution is -0.153. The summed E-state index contributed by atoms with van der Waals surface area (Å²) in [6.07, 6.45) is 0.233. The third-order valence-electron chi connectivity index (χ3n) is 5.23. The van der Waals surface area contributed by atoms with Gasteiger partial charge in [0.2, 0.25) is 11.8 Å². The predicted octanol–water partition coefficient (Wildman–Crippen LogP) is 1.28. The fourth-order valence-corrected chi connectivity index (χ4v) is 4.13. The Morgan fingerprint density at radius 1 is 0.818 bits per heavy atom. The van der Waals surface area contributed by atoms with E-state index in [2.05, 4.69) is 0 Å². The van der Waals surface area contributed by atoms with Crippen molar-refractivity contribution in [3.05, 3.63) is 29.8 Å². The molecule has 4 fully saturated rings. The molecule has 5 rings (SSSR count). The second-order valence-corrected chi connectivity index (χ2v) is 6.45. The van der Waals surface area contributed by atoms with Crippen LogP contribution in [0.2, 0.25) is 0 Å². The fraction of sp³-hybridized carbons (Fsp3) is 0.412. The average molecular weight is 297 g/mol. The van der Waals surface area contributed by atoms with Crippen molar-refractivity contribution in [2.45, 2.75) is 19.8 Å². The highest BCUT2D eigenvalue weighted by molar-refractivity contribution is 6.25. The van der Waals surface area contributed by atoms with Crippen molar-refractivity contribution in [1.29, 1.82) is 0 Å². The summed E-state index contributed by atoms with van der Waals surface area (Å²) >= 11 is 0. The fourth-order valence-electron chi connectivity index (χ4n) is 4.13. The van der Waals surface area contributed by atoms with Gasteiger partial charge in [0.25, 0.3) is 0 Å². The summed E-state index contributed by atoms with van der Waals surface area (Å²) in [5.74, 6) is -3.22. The van der Waals surface area contributed by atoms with Crippen LogP contribution in [-0.2, 0) is 19.2 Å². The summed E-state index contributed by atoms with van der Waals surface area (Å²) in [6, 6.07) is 7.13. The Morgan fingerprint density at radius 3 is 1.73 bits per heavy atom. The van der Waals surface area contributed by atoms with Gasteiger partial charge < -0.3 is 0 Å². The van der Waals surface area contributed by atoms with Crippen LogP contribution in [0.1, 0.15) is 18.4 Å². The normalized spacial score (nSPS) is 33.6. The maximum atomic E-state index is 12.7. The molecule has 22 heavy (non-hydrogen) atoms. The number of Topliss-reactive ketones (excluding diaryl/α,β-unsaturated/α-hetero) is 2. The van der Waals surface area contributed by atoms with Gasteiger partial charge in [-0.3, -0.25) is 24.1 Å². The first kappa shape index (κ1) is 13.4. The topological polar surface area (TPSA) is 71.5 Å². The first-order valence-corrected chi connectivity index (χ1v) is 7.49. The van der Waals surface area contributed by atoms with Crippen molar-refractivity contribution >= 4 is 29.1 Å². The van der Waals surface area contributed by atoms with Gasteiger partial charge in [-0.2, -0.15) is 0 Å². The zero-order valence-electron chi connectivity index (χ0n) is 12.1. The molecule has 1 saturated heterocycles. The molecule has 1 aromatic rings. The van der Waals surface area contributed by atoms with E-state index in [0.29, 0.717) is 5.69 Å². The quantitative estimate of drug-likeness (QED) is 0.732. The number of amides is 2. The molecule has 0 spiro atoms. The SMILES string of the molecule is Cc1ccc(N2C(=O)[C@H]3[C@H](C2=O)[C@@H]2CC(=O)[C@H]3CC2=O)cc1. The Morgan fingerprint density at radius 2 is 1.27 bits per heavy atom. The zero-order valence-corrected chi connectivity index (χ0v) is 12.1. The van der Waals surface area contributed by atoms with E-state index in [9.17, 15) is 19.2 Å². The molecule has 0 N–H and O–H groups in total. The van der Waals surface area contributed by atoms with E-state index in [1.54, 1.807) is 12.1 Å². The molecule has 2 amide bonds. The van der Waals surface area contributed by atoms with Crippen molar-refractivity contribution in [2.75, 3.05) is 4.90 Å². The largest absolute Gasteiger partial charge is 0.299 e. The molecule has 4 aliphatic rings. The molecule has 3 saturated carbocycles. The van der Waals surface area contributed by atoms with Crippen LogP contribution in [0.3, 0.4) is 0 Å². The van der Waals surface area contributed by atoms with Gasteiger partial charge in [-0.1, -0.05) is 17.7 Å². The van der Waals surface area contributed by atoms with Crippen molar-refractivity contribution < 1.29 is 19.2 Å². The molecule has 2 bridgehead atoms. The van der Waals surface area contributed by atoms with Crippen molar-refractivity contribution in [3.63, 3.8) is 0 Å². The first-order valence-electron chi connectivity index (χ1n) is 7.49. The lowest BCUT2D eigenvalue weighted by Gasteiger charge is -2.40. The Balaban J connectivity index is 1.78. The summed E-state index contributed by atoms with van der Waals surface area (Å²) < 4.78 is 0. The maximum absolute atomic E-state index is 12.7. The van der Waals surface area contributed by atoms with E-state index in [4.69, 9.17) is 0 Å². The van der Waals surface area contributed by atoms with Gasteiger partial charge in [-0.05, 0) is 19.1 Å². The molecule has 1 heterocycles. The van der Waals surface area contributed by atoms with Crippen LogP contribution < -0.4 is 4.90 Å². The van der Waals surface area contributed by atoms with Crippen LogP contribution in [0.25, 0.3) is 0 Å². The summed E-state index contributed by atoms with van der Waals surface area (Å²) in [5.41, 5.74) is 1.56. The molecule has 0 radical (unpaired) electrons. The van der Waals surface area contributed by atoms with E-state index in [1.807, 2.05) is 19.1 Å². The molecular weight excluding hydrogens is 282 g/mol. The van der Waals surface area contributed by atoms with Gasteiger partial charge in [-0.25, -0.2) is 0 Å². The standard InChI is InChI=1S/C17H15NO4/c1-8-2-4-9(5-3-8)18-16(21)14-10-6-12(19)11(7-13(10)20)15(14)17(18)22/h2-5,10-11,14-15H,6-7H2,1H3/t10-,11-,14-,15-/m1/s1. The molecule has 3 aliphatic carbocycles. The lowest BCUT2D eigenvalue weighted by Crippen LogP contribution is -2.51. The average Bonchev–Trinajstić information content (AvgIpc) is 2.75. The molecule has 1 aliphatic heterocycles. The number of nitrogens with zero attached hydrogens (tertiary/aromatic N) is 1. The summed E-state index contributed by atoms with van der Waals surface area (Å²) in [6.45, 7) is 1.93. The molecule has 4 atom stereocenters. The monoisotopic (exact) mass is 297 g/mol. The number of rotatable bonds is 1. The third kappa shape index (κ3) is 1.59. The molecule has 1 aromatic carbocycles. The van der Waals surface area contributed by atoms with Gasteiger partial charge in [0.1, 0.15) is 11.6 Å². The molecule has 112 valence electrons. The minimum absolute atomic E-state index is 0.0437. The minimum Gasteiger partial charge on any atom is -0.299 e. The highest BCUT2D eigenvalue weighted by atomic mass is 16.2. The van der Waals surface area contributed by atoms with Gasteiger partial charge in [-0.15, -0.1) is 0 Å². The van der Waals surface area contributed by atoms with Gasteiger partial charge >= 0.3 is 0 Å². The third-order valence-corrected chi connectivity index (χ3v) is 5.23. The Hall–Kier alpha value is -2.30. The number of benzene rings is 1. The van der Waals surface area contributed by atoms with E-state index in [-0.39, 0.29) is 36.2 Å². The summed E-state index contributed by atoms with van der Waals surface area (Å²) in [4.78, 5) is 50.7. The Kier molecular flexibility index (Phi) is 2.64. The van der Waals surface area contributed by atoms with Gasteiger partial charge in [0, 0.05) is 24.7 Å². The number of aryl methyl sites for hydroxylation is 1. The first-order chi connectivity index (χ1) is 10.5. The van der Waals surface area contributed by atoms with Gasteiger partial charge in [0.15, 0.2) is 0 Å². The van der Waals surface area contributed by atoms with Gasteiger partial charge in [0.05, 0.1) is 17.5 Å². The number of hydrogen-bond acceptors (Lipinski definition) is 4. The van der Waals surface area contributed by atoms with Crippen LogP contribution in [0.4, 0.5) is 5.69 Å². The van der Waals surface area contributed by atoms with E-state index < -0.39 is 23.7 Å². The van der Waals surface area contributed by atoms with Crippen LogP contribution >= 0.6 is 0 Å². The predicted molar refractivity (Wildman–Crippen MR) is 76.9 cm³/mol. The smallest absolute Gasteiger partial charge is 0.238 e. The maximum Gasteiger partial charge on any atom is 0.238 e. The molecule has 0 aromatic heterocycles. The summed E-state index contributed by atoms with van der Waals surface area (Å²) in [7, 11) is 0. The van der Waals surface area contributed by atoms with Crippen LogP contribution in [0.5, 0.6) is 0 Å². The lowest BCUT2D eigenvalue weighted by atomic mass is 9.58. The number of fused-ring (bicyclic) bond motifs is 2. The Labute approximate surface area is 127 Å². The number of ketones is 2. The molecular formula is C17H15NO4. The minimum atomic E-state index is -0.641. The molecule has 0 unspecified atom stereocenters. The number of imide groups is 1. The number of hydrogen-bond donors (Lipinski definition) is 0. The second kappa shape index (κ2) is 4.35. The van der Waals surface area contributed by atoms with Crippen LogP contribution in [0, 0.1) is 30.6 Å². The van der Waals surface area contributed by atoms with E-state index in [1.165, 1.54) is 4.90 Å².